The Morgan fingerprint density at radius 2 is 2.00 bits per heavy atom. The van der Waals surface area contributed by atoms with Crippen LogP contribution in [0, 0.1) is 6.92 Å². The van der Waals surface area contributed by atoms with Gasteiger partial charge in [-0.2, -0.15) is 0 Å². The van der Waals surface area contributed by atoms with Crippen molar-refractivity contribution in [1.82, 2.24) is 5.32 Å². The van der Waals surface area contributed by atoms with E-state index in [-0.39, 0.29) is 0 Å². The van der Waals surface area contributed by atoms with Gasteiger partial charge >= 0.3 is 0 Å². The Morgan fingerprint density at radius 3 is 2.56 bits per heavy atom. The lowest BCUT2D eigenvalue weighted by Gasteiger charge is -2.17. The molecule has 1 rings (SSSR count). The van der Waals surface area contributed by atoms with Crippen LogP contribution in [0.2, 0.25) is 0 Å². The highest BCUT2D eigenvalue weighted by Gasteiger charge is 2.14. The third kappa shape index (κ3) is 5.41. The topological polar surface area (TPSA) is 12.0 Å². The van der Waals surface area contributed by atoms with E-state index in [9.17, 15) is 0 Å². The van der Waals surface area contributed by atoms with Crippen LogP contribution in [0.25, 0.3) is 0 Å². The summed E-state index contributed by atoms with van der Waals surface area (Å²) in [4.78, 5) is 2.88. The number of halogens is 1. The van der Waals surface area contributed by atoms with Gasteiger partial charge in [0.15, 0.2) is 0 Å². The normalized spacial score (nSPS) is 12.9. The zero-order valence-corrected chi connectivity index (χ0v) is 14.3. The first-order chi connectivity index (χ1) is 8.69. The second-order valence-electron chi connectivity index (χ2n) is 4.91. The molecule has 0 saturated carbocycles. The first-order valence-corrected chi connectivity index (χ1v) is 8.79. The molecule has 1 N–H and O–H groups in total. The number of nitrogens with one attached hydrogen (secondary N) is 1. The molecule has 0 saturated heterocycles. The van der Waals surface area contributed by atoms with Crippen molar-refractivity contribution in [3.05, 3.63) is 20.3 Å². The number of unbranched alkanes of at least 4 members (excludes halogenated alkanes) is 3. The third-order valence-electron chi connectivity index (χ3n) is 3.21. The van der Waals surface area contributed by atoms with Crippen molar-refractivity contribution >= 4 is 27.3 Å². The van der Waals surface area contributed by atoms with Gasteiger partial charge in [0.2, 0.25) is 0 Å². The molecule has 0 bridgehead atoms. The summed E-state index contributed by atoms with van der Waals surface area (Å²) in [5.41, 5.74) is 0. The fraction of sp³-hybridized carbons (Fsp3) is 0.733. The average molecular weight is 332 g/mol. The molecule has 1 heterocycles. The van der Waals surface area contributed by atoms with Gasteiger partial charge in [0, 0.05) is 20.3 Å². The maximum Gasteiger partial charge on any atom is 0.0415 e. The molecule has 0 aromatic carbocycles. The van der Waals surface area contributed by atoms with Gasteiger partial charge in [-0.15, -0.1) is 11.3 Å². The van der Waals surface area contributed by atoms with Crippen LogP contribution in [0.5, 0.6) is 0 Å². The van der Waals surface area contributed by atoms with E-state index in [1.165, 1.54) is 52.8 Å². The predicted molar refractivity (Wildman–Crippen MR) is 86.5 cm³/mol. The Labute approximate surface area is 125 Å². The number of aryl methyl sites for hydroxylation is 1. The van der Waals surface area contributed by atoms with Gasteiger partial charge in [0.25, 0.3) is 0 Å². The third-order valence-corrected chi connectivity index (χ3v) is 5.46. The van der Waals surface area contributed by atoms with E-state index in [1.807, 2.05) is 11.3 Å². The molecule has 0 amide bonds. The molecule has 104 valence electrons. The van der Waals surface area contributed by atoms with Gasteiger partial charge in [0.05, 0.1) is 0 Å². The smallest absolute Gasteiger partial charge is 0.0415 e. The summed E-state index contributed by atoms with van der Waals surface area (Å²) in [7, 11) is 0. The van der Waals surface area contributed by atoms with Crippen LogP contribution >= 0.6 is 27.3 Å². The van der Waals surface area contributed by atoms with Crippen molar-refractivity contribution in [1.29, 1.82) is 0 Å². The van der Waals surface area contributed by atoms with E-state index >= 15 is 0 Å². The maximum atomic E-state index is 3.69. The second-order valence-corrected chi connectivity index (χ2v) is 7.05. The summed E-state index contributed by atoms with van der Waals surface area (Å²) in [5.74, 6) is 0. The summed E-state index contributed by atoms with van der Waals surface area (Å²) >= 11 is 5.56. The van der Waals surface area contributed by atoms with Crippen LogP contribution in [0.3, 0.4) is 0 Å². The Kier molecular flexibility index (Phi) is 8.20. The SMILES string of the molecule is CCCCCCC(NCCC)c1cc(Br)c(C)s1. The molecular formula is C15H26BrNS. The minimum Gasteiger partial charge on any atom is -0.309 e. The minimum absolute atomic E-state index is 0.553. The molecule has 1 aromatic heterocycles. The van der Waals surface area contributed by atoms with Crippen molar-refractivity contribution in [3.8, 4) is 0 Å². The standard InChI is InChI=1S/C15H26BrNS/c1-4-6-7-8-9-14(17-10-5-2)15-11-13(16)12(3)18-15/h11,14,17H,4-10H2,1-3H3. The Balaban J connectivity index is 2.54. The summed E-state index contributed by atoms with van der Waals surface area (Å²) in [6.07, 6.45) is 7.86. The highest BCUT2D eigenvalue weighted by molar-refractivity contribution is 9.10. The number of hydrogen-bond donors (Lipinski definition) is 1. The molecule has 3 heteroatoms. The molecule has 1 nitrogen and oxygen atoms in total. The van der Waals surface area contributed by atoms with Crippen LogP contribution in [0.1, 0.15) is 68.2 Å². The highest BCUT2D eigenvalue weighted by atomic mass is 79.9. The molecule has 0 aliphatic carbocycles. The first-order valence-electron chi connectivity index (χ1n) is 7.18. The number of rotatable bonds is 9. The van der Waals surface area contributed by atoms with Gasteiger partial charge in [0.1, 0.15) is 0 Å². The van der Waals surface area contributed by atoms with Crippen molar-refractivity contribution in [3.63, 3.8) is 0 Å². The summed E-state index contributed by atoms with van der Waals surface area (Å²) in [6.45, 7) is 7.81. The largest absolute Gasteiger partial charge is 0.309 e. The monoisotopic (exact) mass is 331 g/mol. The van der Waals surface area contributed by atoms with Gasteiger partial charge in [-0.1, -0.05) is 39.5 Å². The van der Waals surface area contributed by atoms with Gasteiger partial charge in [-0.05, 0) is 48.3 Å². The zero-order chi connectivity index (χ0) is 13.4. The average Bonchev–Trinajstić information content (AvgIpc) is 2.68. The minimum atomic E-state index is 0.553. The molecule has 0 aliphatic rings. The van der Waals surface area contributed by atoms with Crippen LogP contribution in [-0.4, -0.2) is 6.54 Å². The second kappa shape index (κ2) is 9.11. The van der Waals surface area contributed by atoms with E-state index in [0.717, 1.165) is 6.54 Å². The van der Waals surface area contributed by atoms with E-state index in [2.05, 4.69) is 48.1 Å². The van der Waals surface area contributed by atoms with Crippen LogP contribution in [0.4, 0.5) is 0 Å². The van der Waals surface area contributed by atoms with E-state index in [1.54, 1.807) is 0 Å². The summed E-state index contributed by atoms with van der Waals surface area (Å²) in [6, 6.07) is 2.85. The Bertz CT molecular complexity index is 316. The molecular weight excluding hydrogens is 306 g/mol. The lowest BCUT2D eigenvalue weighted by Crippen LogP contribution is -2.21. The molecule has 0 aliphatic heterocycles. The van der Waals surface area contributed by atoms with Crippen LogP contribution in [-0.2, 0) is 0 Å². The van der Waals surface area contributed by atoms with E-state index < -0.39 is 0 Å². The van der Waals surface area contributed by atoms with Crippen LogP contribution in [0.15, 0.2) is 10.5 Å². The van der Waals surface area contributed by atoms with Crippen molar-refractivity contribution in [2.75, 3.05) is 6.54 Å². The quantitative estimate of drug-likeness (QED) is 0.561. The molecule has 0 radical (unpaired) electrons. The maximum absolute atomic E-state index is 3.69. The van der Waals surface area contributed by atoms with Crippen molar-refractivity contribution < 1.29 is 0 Å². The molecule has 18 heavy (non-hydrogen) atoms. The first kappa shape index (κ1) is 16.2. The fourth-order valence-corrected chi connectivity index (χ4v) is 3.76. The summed E-state index contributed by atoms with van der Waals surface area (Å²) < 4.78 is 1.26. The molecule has 1 unspecified atom stereocenters. The predicted octanol–water partition coefficient (Wildman–Crippen LogP) is 5.83. The van der Waals surface area contributed by atoms with Gasteiger partial charge < -0.3 is 5.32 Å². The lowest BCUT2D eigenvalue weighted by atomic mass is 10.1. The molecule has 1 atom stereocenters. The molecule has 0 fully saturated rings. The molecule has 1 aromatic rings. The Morgan fingerprint density at radius 1 is 1.22 bits per heavy atom. The lowest BCUT2D eigenvalue weighted by molar-refractivity contribution is 0.476. The van der Waals surface area contributed by atoms with Gasteiger partial charge in [-0.3, -0.25) is 0 Å². The van der Waals surface area contributed by atoms with E-state index in [4.69, 9.17) is 0 Å². The number of thiophene rings is 1. The Hall–Kier alpha value is 0.140. The van der Waals surface area contributed by atoms with Gasteiger partial charge in [-0.25, -0.2) is 0 Å². The fourth-order valence-electron chi connectivity index (χ4n) is 2.09. The van der Waals surface area contributed by atoms with Crippen molar-refractivity contribution in [2.45, 2.75) is 65.3 Å². The van der Waals surface area contributed by atoms with E-state index in [0.29, 0.717) is 6.04 Å². The van der Waals surface area contributed by atoms with Crippen LogP contribution < -0.4 is 5.32 Å². The highest BCUT2D eigenvalue weighted by Crippen LogP contribution is 2.32. The zero-order valence-electron chi connectivity index (χ0n) is 11.9. The molecule has 0 spiro atoms. The summed E-state index contributed by atoms with van der Waals surface area (Å²) in [5, 5.41) is 3.69. The number of hydrogen-bond acceptors (Lipinski definition) is 2. The van der Waals surface area contributed by atoms with Crippen molar-refractivity contribution in [2.24, 2.45) is 0 Å².